The fourth-order valence-electron chi connectivity index (χ4n) is 2.88. The minimum atomic E-state index is -1.00. The largest absolute Gasteiger partial charge is 0.477 e. The van der Waals surface area contributed by atoms with E-state index in [-0.39, 0.29) is 16.9 Å². The van der Waals surface area contributed by atoms with Gasteiger partial charge in [-0.15, -0.1) is 11.3 Å². The highest BCUT2D eigenvalue weighted by Gasteiger charge is 2.32. The second kappa shape index (κ2) is 6.13. The summed E-state index contributed by atoms with van der Waals surface area (Å²) < 4.78 is 5.77. The Balaban J connectivity index is 1.50. The maximum atomic E-state index is 12.0. The predicted molar refractivity (Wildman–Crippen MR) is 77.9 cm³/mol. The van der Waals surface area contributed by atoms with Crippen LogP contribution in [0.15, 0.2) is 12.1 Å². The molecule has 6 nitrogen and oxygen atoms in total. The number of ether oxygens (including phenoxy) is 1. The SMILES string of the molecule is O=C(O)c1ccc(C(=O)NCC2CN3CCCC3CO2)s1. The molecule has 1 aromatic rings. The van der Waals surface area contributed by atoms with Gasteiger partial charge in [0, 0.05) is 19.1 Å². The van der Waals surface area contributed by atoms with Gasteiger partial charge in [0.1, 0.15) is 4.88 Å². The third-order valence-corrected chi connectivity index (χ3v) is 5.06. The summed E-state index contributed by atoms with van der Waals surface area (Å²) in [6.07, 6.45) is 2.44. The number of carboxylic acid groups (broad SMARTS) is 1. The molecule has 3 heterocycles. The minimum Gasteiger partial charge on any atom is -0.477 e. The highest BCUT2D eigenvalue weighted by molar-refractivity contribution is 7.15. The molecule has 2 unspecified atom stereocenters. The summed E-state index contributed by atoms with van der Waals surface area (Å²) in [5.74, 6) is -1.24. The topological polar surface area (TPSA) is 78.9 Å². The van der Waals surface area contributed by atoms with Crippen LogP contribution in [0.25, 0.3) is 0 Å². The molecule has 114 valence electrons. The summed E-state index contributed by atoms with van der Waals surface area (Å²) in [4.78, 5) is 25.8. The van der Waals surface area contributed by atoms with Crippen molar-refractivity contribution in [2.24, 2.45) is 0 Å². The number of fused-ring (bicyclic) bond motifs is 1. The molecule has 2 aliphatic heterocycles. The van der Waals surface area contributed by atoms with Crippen LogP contribution in [0.2, 0.25) is 0 Å². The molecule has 1 amide bonds. The zero-order valence-electron chi connectivity index (χ0n) is 11.6. The van der Waals surface area contributed by atoms with Crippen molar-refractivity contribution in [2.75, 3.05) is 26.2 Å². The highest BCUT2D eigenvalue weighted by Crippen LogP contribution is 2.22. The van der Waals surface area contributed by atoms with Gasteiger partial charge < -0.3 is 15.2 Å². The van der Waals surface area contributed by atoms with E-state index >= 15 is 0 Å². The van der Waals surface area contributed by atoms with Crippen molar-refractivity contribution < 1.29 is 19.4 Å². The van der Waals surface area contributed by atoms with Crippen molar-refractivity contribution >= 4 is 23.2 Å². The smallest absolute Gasteiger partial charge is 0.345 e. The second-order valence-corrected chi connectivity index (χ2v) is 6.51. The summed E-state index contributed by atoms with van der Waals surface area (Å²) in [6.45, 7) is 3.17. The molecule has 0 aromatic carbocycles. The Morgan fingerprint density at radius 2 is 2.24 bits per heavy atom. The average molecular weight is 310 g/mol. The Morgan fingerprint density at radius 3 is 3.00 bits per heavy atom. The first-order valence-corrected chi connectivity index (χ1v) is 7.92. The first kappa shape index (κ1) is 14.5. The van der Waals surface area contributed by atoms with E-state index < -0.39 is 5.97 Å². The second-order valence-electron chi connectivity index (χ2n) is 5.43. The molecule has 2 N–H and O–H groups in total. The lowest BCUT2D eigenvalue weighted by atomic mass is 10.2. The molecule has 0 radical (unpaired) electrons. The van der Waals surface area contributed by atoms with Crippen LogP contribution in [0.4, 0.5) is 0 Å². The zero-order chi connectivity index (χ0) is 14.8. The Labute approximate surface area is 126 Å². The molecule has 0 bridgehead atoms. The molecule has 2 aliphatic rings. The van der Waals surface area contributed by atoms with Gasteiger partial charge in [-0.05, 0) is 31.5 Å². The maximum Gasteiger partial charge on any atom is 0.345 e. The van der Waals surface area contributed by atoms with E-state index in [0.717, 1.165) is 31.0 Å². The number of hydrogen-bond donors (Lipinski definition) is 2. The summed E-state index contributed by atoms with van der Waals surface area (Å²) in [6, 6.07) is 3.54. The van der Waals surface area contributed by atoms with Gasteiger partial charge in [-0.2, -0.15) is 0 Å². The summed E-state index contributed by atoms with van der Waals surface area (Å²) in [5, 5.41) is 11.7. The molecule has 1 aromatic heterocycles. The van der Waals surface area contributed by atoms with E-state index in [4.69, 9.17) is 9.84 Å². The summed E-state index contributed by atoms with van der Waals surface area (Å²) >= 11 is 0.988. The van der Waals surface area contributed by atoms with E-state index in [2.05, 4.69) is 10.2 Å². The lowest BCUT2D eigenvalue weighted by molar-refractivity contribution is -0.0461. The zero-order valence-corrected chi connectivity index (χ0v) is 12.4. The number of nitrogens with zero attached hydrogens (tertiary/aromatic N) is 1. The average Bonchev–Trinajstić information content (AvgIpc) is 3.12. The van der Waals surface area contributed by atoms with E-state index in [9.17, 15) is 9.59 Å². The molecule has 2 saturated heterocycles. The third kappa shape index (κ3) is 3.25. The third-order valence-electron chi connectivity index (χ3n) is 3.99. The number of carbonyl (C=O) groups excluding carboxylic acids is 1. The van der Waals surface area contributed by atoms with Crippen molar-refractivity contribution in [3.05, 3.63) is 21.9 Å². The maximum absolute atomic E-state index is 12.0. The van der Waals surface area contributed by atoms with Gasteiger partial charge in [-0.3, -0.25) is 9.69 Å². The predicted octanol–water partition coefficient (Wildman–Crippen LogP) is 1.04. The fourth-order valence-corrected chi connectivity index (χ4v) is 3.64. The molecular formula is C14H18N2O4S. The van der Waals surface area contributed by atoms with Crippen LogP contribution < -0.4 is 5.32 Å². The van der Waals surface area contributed by atoms with E-state index in [0.29, 0.717) is 17.5 Å². The van der Waals surface area contributed by atoms with Crippen LogP contribution in [0.5, 0.6) is 0 Å². The van der Waals surface area contributed by atoms with Crippen molar-refractivity contribution in [3.8, 4) is 0 Å². The van der Waals surface area contributed by atoms with Crippen LogP contribution >= 0.6 is 11.3 Å². The van der Waals surface area contributed by atoms with E-state index in [1.807, 2.05) is 0 Å². The fraction of sp³-hybridized carbons (Fsp3) is 0.571. The van der Waals surface area contributed by atoms with Crippen LogP contribution in [0.3, 0.4) is 0 Å². The lowest BCUT2D eigenvalue weighted by Gasteiger charge is -2.35. The van der Waals surface area contributed by atoms with E-state index in [1.165, 1.54) is 18.9 Å². The molecule has 2 fully saturated rings. The van der Waals surface area contributed by atoms with Crippen molar-refractivity contribution in [3.63, 3.8) is 0 Å². The molecule has 0 aliphatic carbocycles. The number of aromatic carboxylic acids is 1. The monoisotopic (exact) mass is 310 g/mol. The van der Waals surface area contributed by atoms with Crippen LogP contribution in [0, 0.1) is 0 Å². The minimum absolute atomic E-state index is 0.0159. The normalized spacial score (nSPS) is 25.5. The molecular weight excluding hydrogens is 292 g/mol. The van der Waals surface area contributed by atoms with Crippen LogP contribution in [-0.4, -0.2) is 60.3 Å². The number of carboxylic acids is 1. The quantitative estimate of drug-likeness (QED) is 0.869. The van der Waals surface area contributed by atoms with Crippen molar-refractivity contribution in [2.45, 2.75) is 25.0 Å². The summed E-state index contributed by atoms with van der Waals surface area (Å²) in [5.41, 5.74) is 0. The molecule has 3 rings (SSSR count). The number of nitrogens with one attached hydrogen (secondary N) is 1. The molecule has 0 saturated carbocycles. The Kier molecular flexibility index (Phi) is 4.23. The van der Waals surface area contributed by atoms with Gasteiger partial charge >= 0.3 is 5.97 Å². The molecule has 21 heavy (non-hydrogen) atoms. The Bertz CT molecular complexity index is 545. The van der Waals surface area contributed by atoms with Gasteiger partial charge in [0.2, 0.25) is 0 Å². The first-order chi connectivity index (χ1) is 10.1. The number of carbonyl (C=O) groups is 2. The van der Waals surface area contributed by atoms with Crippen molar-refractivity contribution in [1.29, 1.82) is 0 Å². The van der Waals surface area contributed by atoms with Gasteiger partial charge in [0.15, 0.2) is 0 Å². The highest BCUT2D eigenvalue weighted by atomic mass is 32.1. The number of rotatable bonds is 4. The number of amides is 1. The standard InChI is InChI=1S/C14H18N2O4S/c17-13(11-3-4-12(21-11)14(18)19)15-6-10-7-16-5-1-2-9(16)8-20-10/h3-4,9-10H,1-2,5-8H2,(H,15,17)(H,18,19). The van der Waals surface area contributed by atoms with Gasteiger partial charge in [-0.25, -0.2) is 4.79 Å². The van der Waals surface area contributed by atoms with Crippen LogP contribution in [0.1, 0.15) is 32.2 Å². The number of hydrogen-bond acceptors (Lipinski definition) is 5. The Morgan fingerprint density at radius 1 is 1.43 bits per heavy atom. The lowest BCUT2D eigenvalue weighted by Crippen LogP contribution is -2.50. The summed E-state index contributed by atoms with van der Waals surface area (Å²) in [7, 11) is 0. The Hall–Kier alpha value is -1.44. The van der Waals surface area contributed by atoms with Gasteiger partial charge in [0.05, 0.1) is 17.6 Å². The molecule has 0 spiro atoms. The first-order valence-electron chi connectivity index (χ1n) is 7.10. The van der Waals surface area contributed by atoms with Gasteiger partial charge in [-0.1, -0.05) is 0 Å². The number of morpholine rings is 1. The van der Waals surface area contributed by atoms with Gasteiger partial charge in [0.25, 0.3) is 5.91 Å². The molecule has 2 atom stereocenters. The van der Waals surface area contributed by atoms with E-state index in [1.54, 1.807) is 6.07 Å². The van der Waals surface area contributed by atoms with Crippen molar-refractivity contribution in [1.82, 2.24) is 10.2 Å². The molecule has 7 heteroatoms. The number of thiophene rings is 1. The van der Waals surface area contributed by atoms with Crippen LogP contribution in [-0.2, 0) is 4.74 Å².